The molecule has 0 aliphatic carbocycles. The van der Waals surface area contributed by atoms with E-state index in [9.17, 15) is 65.4 Å². The second-order valence-electron chi connectivity index (χ2n) is 10.7. The number of non-ortho nitro benzene ring substituents is 1. The summed E-state index contributed by atoms with van der Waals surface area (Å²) < 4.78 is 26.5. The fourth-order valence-electron chi connectivity index (χ4n) is 4.70. The molecule has 12 atom stereocenters. The van der Waals surface area contributed by atoms with Crippen LogP contribution in [0.2, 0.25) is 0 Å². The van der Waals surface area contributed by atoms with E-state index in [-0.39, 0.29) is 11.4 Å². The number of nitrogens with zero attached hydrogens (tertiary/aromatic N) is 1. The third kappa shape index (κ3) is 8.61. The first-order chi connectivity index (χ1) is 21.5. The summed E-state index contributed by atoms with van der Waals surface area (Å²) in [6.07, 6.45) is -19.6. The fourth-order valence-corrected chi connectivity index (χ4v) is 4.70. The number of aliphatic hydroxyl groups excluding tert-OH is 7. The molecule has 2 aliphatic rings. The molecular weight excluding hydrogens is 628 g/mol. The number of carbonyl (C=O) groups excluding carboxylic acids is 3. The highest BCUT2D eigenvalue weighted by molar-refractivity contribution is 5.75. The molecule has 2 fully saturated rings. The Bertz CT molecular complexity index is 1230. The third-order valence-corrected chi connectivity index (χ3v) is 7.17. The lowest BCUT2D eigenvalue weighted by molar-refractivity contribution is -0.387. The number of amides is 1. The number of aliphatic hydroxyl groups is 7. The van der Waals surface area contributed by atoms with E-state index in [1.807, 2.05) is 0 Å². The number of nitro benzene ring substituents is 1. The molecule has 0 bridgehead atoms. The van der Waals surface area contributed by atoms with Gasteiger partial charge in [-0.2, -0.15) is 0 Å². The molecule has 1 aromatic carbocycles. The first-order valence-electron chi connectivity index (χ1n) is 13.8. The second-order valence-corrected chi connectivity index (χ2v) is 10.7. The highest BCUT2D eigenvalue weighted by atomic mass is 16.7. The van der Waals surface area contributed by atoms with E-state index in [2.05, 4.69) is 10.1 Å². The van der Waals surface area contributed by atoms with Crippen molar-refractivity contribution < 1.29 is 83.8 Å². The van der Waals surface area contributed by atoms with Gasteiger partial charge in [-0.1, -0.05) is 0 Å². The van der Waals surface area contributed by atoms with Gasteiger partial charge in [0, 0.05) is 25.5 Å². The van der Waals surface area contributed by atoms with Crippen molar-refractivity contribution in [1.82, 2.24) is 5.32 Å². The van der Waals surface area contributed by atoms with Crippen molar-refractivity contribution in [2.45, 2.75) is 93.3 Å². The fraction of sp³-hybridized carbons (Fsp3) is 0.654. The van der Waals surface area contributed by atoms with Gasteiger partial charge in [0.2, 0.25) is 18.0 Å². The predicted molar refractivity (Wildman–Crippen MR) is 142 cm³/mol. The summed E-state index contributed by atoms with van der Waals surface area (Å²) in [5.41, 5.74) is -0.279. The summed E-state index contributed by atoms with van der Waals surface area (Å²) in [5, 5.41) is 98.1. The molecule has 3 rings (SSSR count). The molecule has 46 heavy (non-hydrogen) atoms. The molecule has 0 aromatic heterocycles. The van der Waals surface area contributed by atoms with Crippen molar-refractivity contribution in [3.8, 4) is 5.75 Å². The van der Waals surface area contributed by atoms with E-state index in [0.29, 0.717) is 0 Å². The number of carbonyl (C=O) groups is 3. The zero-order valence-electron chi connectivity index (χ0n) is 24.4. The van der Waals surface area contributed by atoms with Gasteiger partial charge in [-0.25, -0.2) is 4.79 Å². The number of nitrogens with one attached hydrogen (secondary N) is 1. The van der Waals surface area contributed by atoms with Crippen LogP contribution in [0.4, 0.5) is 5.69 Å². The number of benzene rings is 1. The smallest absolute Gasteiger partial charge is 0.334 e. The summed E-state index contributed by atoms with van der Waals surface area (Å²) >= 11 is 0. The van der Waals surface area contributed by atoms with Crippen molar-refractivity contribution in [2.24, 2.45) is 0 Å². The average molecular weight is 664 g/mol. The van der Waals surface area contributed by atoms with E-state index in [4.69, 9.17) is 18.9 Å². The van der Waals surface area contributed by atoms with Crippen LogP contribution in [-0.2, 0) is 33.3 Å². The summed E-state index contributed by atoms with van der Waals surface area (Å²) in [4.78, 5) is 46.0. The number of carboxylic acids is 1. The molecule has 2 heterocycles. The van der Waals surface area contributed by atoms with Crippen LogP contribution in [0.3, 0.4) is 0 Å². The number of nitro groups is 1. The van der Waals surface area contributed by atoms with E-state index in [0.717, 1.165) is 38.1 Å². The van der Waals surface area contributed by atoms with Crippen LogP contribution in [0, 0.1) is 10.1 Å². The molecule has 1 amide bonds. The van der Waals surface area contributed by atoms with Crippen LogP contribution in [0.1, 0.15) is 20.3 Å². The Balaban J connectivity index is 1.80. The number of esters is 1. The number of rotatable bonds is 13. The van der Waals surface area contributed by atoms with Gasteiger partial charge < -0.3 is 74.6 Å². The molecule has 8 N–H and O–H groups in total. The van der Waals surface area contributed by atoms with Crippen molar-refractivity contribution >= 4 is 23.5 Å². The van der Waals surface area contributed by atoms with Crippen LogP contribution in [0.15, 0.2) is 24.3 Å². The number of aliphatic carboxylic acids is 1. The highest BCUT2D eigenvalue weighted by Gasteiger charge is 2.54. The van der Waals surface area contributed by atoms with Gasteiger partial charge in [-0.3, -0.25) is 14.9 Å². The SMILES string of the molecule is CC(=O)N[C@H]1C([C@H](O)[C@H](O)COC(=O)[C@H](C)O)O[C@@](OCC2O[C@@H](Oc3ccc([N+](=O)[O-])cc3)C(O)C(O)[C@H]2O)(C(=O)[O-])C[C@H]1O. The first kappa shape index (κ1) is 36.9. The minimum atomic E-state index is -2.95. The van der Waals surface area contributed by atoms with Crippen molar-refractivity contribution in [3.63, 3.8) is 0 Å². The zero-order valence-corrected chi connectivity index (χ0v) is 24.4. The molecule has 258 valence electrons. The zero-order chi connectivity index (χ0) is 34.5. The van der Waals surface area contributed by atoms with Crippen molar-refractivity contribution in [1.29, 1.82) is 0 Å². The van der Waals surface area contributed by atoms with Crippen molar-refractivity contribution in [2.75, 3.05) is 13.2 Å². The Morgan fingerprint density at radius 3 is 2.26 bits per heavy atom. The molecule has 20 heteroatoms. The van der Waals surface area contributed by atoms with Gasteiger partial charge in [-0.05, 0) is 19.1 Å². The number of carboxylic acid groups (broad SMARTS) is 1. The number of ether oxygens (including phenoxy) is 5. The van der Waals surface area contributed by atoms with E-state index in [1.165, 1.54) is 0 Å². The Morgan fingerprint density at radius 2 is 1.72 bits per heavy atom. The van der Waals surface area contributed by atoms with E-state index >= 15 is 0 Å². The molecule has 4 unspecified atom stereocenters. The molecule has 0 radical (unpaired) electrons. The third-order valence-electron chi connectivity index (χ3n) is 7.17. The summed E-state index contributed by atoms with van der Waals surface area (Å²) in [7, 11) is 0. The molecular formula is C26H35N2O18-. The first-order valence-corrected chi connectivity index (χ1v) is 13.8. The summed E-state index contributed by atoms with van der Waals surface area (Å²) in [5.74, 6) is -7.05. The van der Waals surface area contributed by atoms with Gasteiger partial charge >= 0.3 is 5.97 Å². The Hall–Kier alpha value is -3.57. The van der Waals surface area contributed by atoms with Gasteiger partial charge in [0.25, 0.3) is 5.69 Å². The Kier molecular flexibility index (Phi) is 12.3. The average Bonchev–Trinajstić information content (AvgIpc) is 2.99. The summed E-state index contributed by atoms with van der Waals surface area (Å²) in [6.45, 7) is 0.227. The predicted octanol–water partition coefficient (Wildman–Crippen LogP) is -5.46. The molecule has 0 spiro atoms. The van der Waals surface area contributed by atoms with Crippen LogP contribution >= 0.6 is 0 Å². The topological polar surface area (TPSA) is 317 Å². The van der Waals surface area contributed by atoms with Gasteiger partial charge in [0.15, 0.2) is 0 Å². The number of hydrogen-bond acceptors (Lipinski definition) is 18. The normalized spacial score (nSPS) is 33.2. The minimum absolute atomic E-state index is 0.0543. The minimum Gasteiger partial charge on any atom is -0.544 e. The van der Waals surface area contributed by atoms with E-state index in [1.54, 1.807) is 0 Å². The summed E-state index contributed by atoms with van der Waals surface area (Å²) in [6, 6.07) is 2.93. The molecule has 2 saturated heterocycles. The Morgan fingerprint density at radius 1 is 1.09 bits per heavy atom. The lowest BCUT2D eigenvalue weighted by atomic mass is 9.88. The maximum absolute atomic E-state index is 12.4. The van der Waals surface area contributed by atoms with Crippen LogP contribution in [-0.4, -0.2) is 145 Å². The van der Waals surface area contributed by atoms with Crippen LogP contribution in [0.25, 0.3) is 0 Å². The molecule has 1 aromatic rings. The van der Waals surface area contributed by atoms with Gasteiger partial charge in [-0.15, -0.1) is 0 Å². The number of hydrogen-bond donors (Lipinski definition) is 8. The maximum atomic E-state index is 12.4. The molecule has 20 nitrogen and oxygen atoms in total. The monoisotopic (exact) mass is 663 g/mol. The van der Waals surface area contributed by atoms with Gasteiger partial charge in [0.05, 0.1) is 23.7 Å². The molecule has 2 aliphatic heterocycles. The second kappa shape index (κ2) is 15.3. The Labute approximate surface area is 259 Å². The van der Waals surface area contributed by atoms with Crippen LogP contribution in [0.5, 0.6) is 5.75 Å². The maximum Gasteiger partial charge on any atom is 0.334 e. The highest BCUT2D eigenvalue weighted by Crippen LogP contribution is 2.34. The largest absolute Gasteiger partial charge is 0.544 e. The van der Waals surface area contributed by atoms with E-state index < -0.39 is 115 Å². The lowest BCUT2D eigenvalue weighted by Gasteiger charge is -2.49. The quantitative estimate of drug-likeness (QED) is 0.0554. The van der Waals surface area contributed by atoms with Gasteiger partial charge in [0.1, 0.15) is 67.2 Å². The molecule has 0 saturated carbocycles. The lowest BCUT2D eigenvalue weighted by Crippen LogP contribution is -2.70. The van der Waals surface area contributed by atoms with Crippen molar-refractivity contribution in [3.05, 3.63) is 34.4 Å². The standard InChI is InChI=1S/C26H36N2O18/c1-10(29)23(37)42-8-15(32)18(33)22-17(27-11(2)30)14(31)7-26(46-22,25(38)39)43-9-16-19(34)20(35)21(36)24(45-16)44-13-5-3-12(4-6-13)28(40)41/h3-6,10,14-22,24,29,31-36H,7-9H2,1-2H3,(H,27,30)(H,38,39)/p-1/t10-,14+,15+,16?,17+,18+,19-,20?,21?,22?,24+,26+/m0/s1. The van der Waals surface area contributed by atoms with Crippen LogP contribution < -0.4 is 15.2 Å².